The minimum atomic E-state index is -3.41. The van der Waals surface area contributed by atoms with Crippen LogP contribution >= 0.6 is 0 Å². The van der Waals surface area contributed by atoms with E-state index in [4.69, 9.17) is 0 Å². The Hall–Kier alpha value is -1.43. The molecule has 1 unspecified atom stereocenters. The number of benzene rings is 2. The number of likely N-dealkylation sites (N-methyl/N-ethyl adjacent to an activating group) is 1. The van der Waals surface area contributed by atoms with Gasteiger partial charge in [-0.2, -0.15) is 4.31 Å². The Kier molecular flexibility index (Phi) is 4.71. The molecular formula is C18H24N2O2S. The number of hydrogen-bond donors (Lipinski definition) is 0. The number of nitrogens with zero attached hydrogens (tertiary/aromatic N) is 2. The van der Waals surface area contributed by atoms with Crippen molar-refractivity contribution < 1.29 is 8.42 Å². The fourth-order valence-electron chi connectivity index (χ4n) is 3.44. The monoisotopic (exact) mass is 332 g/mol. The van der Waals surface area contributed by atoms with Gasteiger partial charge in [0.2, 0.25) is 10.0 Å². The van der Waals surface area contributed by atoms with Gasteiger partial charge in [-0.1, -0.05) is 44.2 Å². The molecule has 4 nitrogen and oxygen atoms in total. The third-order valence-electron chi connectivity index (χ3n) is 4.81. The van der Waals surface area contributed by atoms with Crippen LogP contribution in [0.5, 0.6) is 0 Å². The number of rotatable bonds is 5. The lowest BCUT2D eigenvalue weighted by atomic mass is 10.1. The molecule has 0 bridgehead atoms. The molecule has 0 aromatic heterocycles. The van der Waals surface area contributed by atoms with Crippen LogP contribution in [0.3, 0.4) is 0 Å². The maximum Gasteiger partial charge on any atom is 0.243 e. The van der Waals surface area contributed by atoms with E-state index in [-0.39, 0.29) is 0 Å². The van der Waals surface area contributed by atoms with Gasteiger partial charge in [-0.25, -0.2) is 8.42 Å². The van der Waals surface area contributed by atoms with Crippen LogP contribution in [0.1, 0.15) is 20.3 Å². The zero-order chi connectivity index (χ0) is 16.4. The van der Waals surface area contributed by atoms with Gasteiger partial charge < -0.3 is 0 Å². The van der Waals surface area contributed by atoms with Crippen molar-refractivity contribution in [1.82, 2.24) is 9.21 Å². The van der Waals surface area contributed by atoms with Gasteiger partial charge in [-0.15, -0.1) is 0 Å². The normalized spacial score (nSPS) is 19.7. The molecule has 5 heteroatoms. The maximum atomic E-state index is 12.9. The van der Waals surface area contributed by atoms with Crippen molar-refractivity contribution >= 4 is 20.8 Å². The van der Waals surface area contributed by atoms with Crippen molar-refractivity contribution in [3.8, 4) is 0 Å². The van der Waals surface area contributed by atoms with Crippen LogP contribution in [-0.4, -0.2) is 49.8 Å². The molecule has 124 valence electrons. The van der Waals surface area contributed by atoms with E-state index in [0.717, 1.165) is 30.3 Å². The Morgan fingerprint density at radius 3 is 2.48 bits per heavy atom. The predicted molar refractivity (Wildman–Crippen MR) is 94.0 cm³/mol. The molecule has 0 aliphatic carbocycles. The van der Waals surface area contributed by atoms with Gasteiger partial charge in [0.1, 0.15) is 0 Å². The summed E-state index contributed by atoms with van der Waals surface area (Å²) in [7, 11) is -3.41. The first kappa shape index (κ1) is 16.4. The van der Waals surface area contributed by atoms with Crippen molar-refractivity contribution in [1.29, 1.82) is 0 Å². The second-order valence-corrected chi connectivity index (χ2v) is 7.97. The molecule has 1 fully saturated rings. The summed E-state index contributed by atoms with van der Waals surface area (Å²) in [6.45, 7) is 7.39. The van der Waals surface area contributed by atoms with Crippen LogP contribution in [0.2, 0.25) is 0 Å². The van der Waals surface area contributed by atoms with E-state index >= 15 is 0 Å². The van der Waals surface area contributed by atoms with Crippen molar-refractivity contribution in [2.75, 3.05) is 26.2 Å². The lowest BCUT2D eigenvalue weighted by Gasteiger charge is -2.26. The Balaban J connectivity index is 1.86. The lowest BCUT2D eigenvalue weighted by molar-refractivity contribution is 0.224. The topological polar surface area (TPSA) is 40.6 Å². The highest BCUT2D eigenvalue weighted by Crippen LogP contribution is 2.26. The van der Waals surface area contributed by atoms with Crippen LogP contribution in [0, 0.1) is 0 Å². The fraction of sp³-hybridized carbons (Fsp3) is 0.444. The quantitative estimate of drug-likeness (QED) is 0.845. The first-order valence-electron chi connectivity index (χ1n) is 8.29. The third-order valence-corrected chi connectivity index (χ3v) is 6.67. The highest BCUT2D eigenvalue weighted by atomic mass is 32.2. The highest BCUT2D eigenvalue weighted by Gasteiger charge is 2.34. The summed E-state index contributed by atoms with van der Waals surface area (Å²) in [4.78, 5) is 2.74. The van der Waals surface area contributed by atoms with Gasteiger partial charge in [0.25, 0.3) is 0 Å². The molecule has 0 saturated carbocycles. The SMILES string of the molecule is CCN(CC)C1CCN(S(=O)(=O)c2ccc3ccccc3c2)C1. The number of fused-ring (bicyclic) bond motifs is 1. The Labute approximate surface area is 138 Å². The summed E-state index contributed by atoms with van der Waals surface area (Å²) in [5, 5.41) is 2.03. The van der Waals surface area contributed by atoms with Gasteiger partial charge in [-0.05, 0) is 42.4 Å². The van der Waals surface area contributed by atoms with Gasteiger partial charge in [-0.3, -0.25) is 4.90 Å². The second kappa shape index (κ2) is 6.59. The molecule has 1 saturated heterocycles. The van der Waals surface area contributed by atoms with E-state index in [2.05, 4.69) is 18.7 Å². The van der Waals surface area contributed by atoms with Crippen molar-refractivity contribution in [3.05, 3.63) is 42.5 Å². The Bertz CT molecular complexity index is 784. The second-order valence-electron chi connectivity index (χ2n) is 6.04. The minimum absolute atomic E-state index is 0.334. The molecule has 0 N–H and O–H groups in total. The minimum Gasteiger partial charge on any atom is -0.300 e. The largest absolute Gasteiger partial charge is 0.300 e. The molecule has 23 heavy (non-hydrogen) atoms. The predicted octanol–water partition coefficient (Wildman–Crippen LogP) is 2.94. The molecule has 3 rings (SSSR count). The van der Waals surface area contributed by atoms with Gasteiger partial charge in [0, 0.05) is 19.1 Å². The van der Waals surface area contributed by atoms with E-state index in [9.17, 15) is 8.42 Å². The molecule has 1 atom stereocenters. The van der Waals surface area contributed by atoms with E-state index in [1.165, 1.54) is 0 Å². The summed E-state index contributed by atoms with van der Waals surface area (Å²) in [5.41, 5.74) is 0. The van der Waals surface area contributed by atoms with Crippen molar-refractivity contribution in [2.24, 2.45) is 0 Å². The van der Waals surface area contributed by atoms with E-state index in [1.807, 2.05) is 30.3 Å². The lowest BCUT2D eigenvalue weighted by Crippen LogP contribution is -2.38. The molecule has 1 aliphatic heterocycles. The summed E-state index contributed by atoms with van der Waals surface area (Å²) in [6, 6.07) is 13.6. The van der Waals surface area contributed by atoms with Crippen LogP contribution in [0.4, 0.5) is 0 Å². The van der Waals surface area contributed by atoms with Crippen LogP contribution in [-0.2, 0) is 10.0 Å². The van der Waals surface area contributed by atoms with E-state index in [1.54, 1.807) is 16.4 Å². The standard InChI is InChI=1S/C18H24N2O2S/c1-3-19(4-2)17-11-12-20(14-17)23(21,22)18-10-9-15-7-5-6-8-16(15)13-18/h5-10,13,17H,3-4,11-12,14H2,1-2H3. The molecule has 0 spiro atoms. The smallest absolute Gasteiger partial charge is 0.243 e. The molecule has 1 heterocycles. The van der Waals surface area contributed by atoms with E-state index < -0.39 is 10.0 Å². The maximum absolute atomic E-state index is 12.9. The molecule has 2 aromatic carbocycles. The molecule has 1 aliphatic rings. The first-order valence-corrected chi connectivity index (χ1v) is 9.73. The Morgan fingerprint density at radius 1 is 1.09 bits per heavy atom. The molecule has 0 radical (unpaired) electrons. The third kappa shape index (κ3) is 3.13. The summed E-state index contributed by atoms with van der Waals surface area (Å²) in [5.74, 6) is 0. The zero-order valence-corrected chi connectivity index (χ0v) is 14.6. The number of sulfonamides is 1. The average molecular weight is 332 g/mol. The van der Waals surface area contributed by atoms with Crippen molar-refractivity contribution in [2.45, 2.75) is 31.2 Å². The molecule has 0 amide bonds. The molecule has 2 aromatic rings. The van der Waals surface area contributed by atoms with Crippen molar-refractivity contribution in [3.63, 3.8) is 0 Å². The number of hydrogen-bond acceptors (Lipinski definition) is 3. The summed E-state index contributed by atoms with van der Waals surface area (Å²) >= 11 is 0. The van der Waals surface area contributed by atoms with Crippen LogP contribution in [0.15, 0.2) is 47.4 Å². The van der Waals surface area contributed by atoms with E-state index in [0.29, 0.717) is 24.0 Å². The zero-order valence-electron chi connectivity index (χ0n) is 13.8. The van der Waals surface area contributed by atoms with Gasteiger partial charge in [0.05, 0.1) is 4.90 Å². The summed E-state index contributed by atoms with van der Waals surface area (Å²) < 4.78 is 27.5. The van der Waals surface area contributed by atoms with Gasteiger partial charge >= 0.3 is 0 Å². The fourth-order valence-corrected chi connectivity index (χ4v) is 4.97. The summed E-state index contributed by atoms with van der Waals surface area (Å²) in [6.07, 6.45) is 0.911. The molecular weight excluding hydrogens is 308 g/mol. The van der Waals surface area contributed by atoms with Gasteiger partial charge in [0.15, 0.2) is 0 Å². The Morgan fingerprint density at radius 2 is 1.78 bits per heavy atom. The first-order chi connectivity index (χ1) is 11.1. The van der Waals surface area contributed by atoms with Crippen LogP contribution in [0.25, 0.3) is 10.8 Å². The highest BCUT2D eigenvalue weighted by molar-refractivity contribution is 7.89. The van der Waals surface area contributed by atoms with Crippen LogP contribution < -0.4 is 0 Å². The average Bonchev–Trinajstić information content (AvgIpc) is 3.06.